The van der Waals surface area contributed by atoms with Crippen molar-refractivity contribution < 1.29 is 13.9 Å². The van der Waals surface area contributed by atoms with Gasteiger partial charge in [-0.1, -0.05) is 12.1 Å². The molecule has 0 fully saturated rings. The molecule has 116 valence electrons. The first-order chi connectivity index (χ1) is 10.5. The number of rotatable bonds is 4. The van der Waals surface area contributed by atoms with Gasteiger partial charge in [0, 0.05) is 12.2 Å². The second-order valence-electron chi connectivity index (χ2n) is 5.18. The minimum absolute atomic E-state index is 0.227. The number of aryl methyl sites for hydroxylation is 2. The van der Waals surface area contributed by atoms with Crippen molar-refractivity contribution in [2.75, 3.05) is 18.6 Å². The Bertz CT molecular complexity index is 697. The lowest BCUT2D eigenvalue weighted by Crippen LogP contribution is -2.31. The maximum absolute atomic E-state index is 13.5. The molecule has 0 radical (unpaired) electrons. The van der Waals surface area contributed by atoms with E-state index < -0.39 is 5.82 Å². The summed E-state index contributed by atoms with van der Waals surface area (Å²) in [6.07, 6.45) is 0. The van der Waals surface area contributed by atoms with Crippen molar-refractivity contribution >= 4 is 11.6 Å². The van der Waals surface area contributed by atoms with Gasteiger partial charge in [-0.15, -0.1) is 0 Å². The smallest absolute Gasteiger partial charge is 0.262 e. The van der Waals surface area contributed by atoms with Crippen molar-refractivity contribution in [3.8, 4) is 5.75 Å². The Hall–Kier alpha value is -2.36. The highest BCUT2D eigenvalue weighted by atomic mass is 19.1. The molecule has 2 aromatic rings. The standard InChI is InChI=1S/C18H20FNO2/c1-5-20(16-10-12(2)6-7-13(16)3)18(21)15-11-14(19)8-9-17(15)22-4/h6-11H,5H2,1-4H3. The molecule has 0 bridgehead atoms. The minimum atomic E-state index is -0.457. The molecule has 0 saturated carbocycles. The molecule has 0 atom stereocenters. The molecular formula is C18H20FNO2. The topological polar surface area (TPSA) is 29.5 Å². The van der Waals surface area contributed by atoms with Gasteiger partial charge in [-0.05, 0) is 56.2 Å². The molecule has 4 heteroatoms. The molecule has 0 aliphatic rings. The molecule has 3 nitrogen and oxygen atoms in total. The molecule has 0 spiro atoms. The van der Waals surface area contributed by atoms with Gasteiger partial charge >= 0.3 is 0 Å². The maximum Gasteiger partial charge on any atom is 0.262 e. The fourth-order valence-corrected chi connectivity index (χ4v) is 2.43. The summed E-state index contributed by atoms with van der Waals surface area (Å²) in [7, 11) is 1.47. The molecule has 0 saturated heterocycles. The number of amides is 1. The van der Waals surface area contributed by atoms with Crippen LogP contribution in [-0.2, 0) is 0 Å². The Balaban J connectivity index is 2.50. The highest BCUT2D eigenvalue weighted by Crippen LogP contribution is 2.27. The van der Waals surface area contributed by atoms with Gasteiger partial charge in [0.05, 0.1) is 12.7 Å². The van der Waals surface area contributed by atoms with Crippen molar-refractivity contribution in [2.45, 2.75) is 20.8 Å². The zero-order chi connectivity index (χ0) is 16.3. The van der Waals surface area contributed by atoms with Crippen molar-refractivity contribution in [3.63, 3.8) is 0 Å². The number of benzene rings is 2. The quantitative estimate of drug-likeness (QED) is 0.850. The Morgan fingerprint density at radius 2 is 1.91 bits per heavy atom. The average molecular weight is 301 g/mol. The molecule has 2 rings (SSSR count). The number of carbonyl (C=O) groups excluding carboxylic acids is 1. The van der Waals surface area contributed by atoms with Crippen molar-refractivity contribution in [1.29, 1.82) is 0 Å². The monoisotopic (exact) mass is 301 g/mol. The highest BCUT2D eigenvalue weighted by molar-refractivity contribution is 6.08. The van der Waals surface area contributed by atoms with Gasteiger partial charge in [0.1, 0.15) is 11.6 Å². The van der Waals surface area contributed by atoms with Crippen LogP contribution in [0.2, 0.25) is 0 Å². The summed E-state index contributed by atoms with van der Waals surface area (Å²) in [5, 5.41) is 0. The van der Waals surface area contributed by atoms with Gasteiger partial charge in [-0.2, -0.15) is 0 Å². The van der Waals surface area contributed by atoms with Gasteiger partial charge in [-0.25, -0.2) is 4.39 Å². The van der Waals surface area contributed by atoms with Crippen LogP contribution in [-0.4, -0.2) is 19.6 Å². The highest BCUT2D eigenvalue weighted by Gasteiger charge is 2.21. The molecule has 0 unspecified atom stereocenters. The van der Waals surface area contributed by atoms with Gasteiger partial charge in [0.15, 0.2) is 0 Å². The number of methoxy groups -OCH3 is 1. The SMILES string of the molecule is CCN(C(=O)c1cc(F)ccc1OC)c1cc(C)ccc1C. The summed E-state index contributed by atoms with van der Waals surface area (Å²) in [6, 6.07) is 9.91. The fraction of sp³-hybridized carbons (Fsp3) is 0.278. The van der Waals surface area contributed by atoms with Crippen LogP contribution in [0.25, 0.3) is 0 Å². The predicted octanol–water partition coefficient (Wildman–Crippen LogP) is 4.12. The van der Waals surface area contributed by atoms with E-state index in [0.717, 1.165) is 16.8 Å². The van der Waals surface area contributed by atoms with E-state index in [1.807, 2.05) is 39.0 Å². The van der Waals surface area contributed by atoms with E-state index in [2.05, 4.69) is 0 Å². The van der Waals surface area contributed by atoms with Crippen molar-refractivity contribution in [3.05, 3.63) is 58.9 Å². The van der Waals surface area contributed by atoms with Crippen LogP contribution in [0.5, 0.6) is 5.75 Å². The Morgan fingerprint density at radius 1 is 1.18 bits per heavy atom. The zero-order valence-electron chi connectivity index (χ0n) is 13.3. The van der Waals surface area contributed by atoms with Crippen LogP contribution in [0, 0.1) is 19.7 Å². The van der Waals surface area contributed by atoms with E-state index in [9.17, 15) is 9.18 Å². The Kier molecular flexibility index (Phi) is 4.81. The summed E-state index contributed by atoms with van der Waals surface area (Å²) in [4.78, 5) is 14.5. The first-order valence-electron chi connectivity index (χ1n) is 7.20. The van der Waals surface area contributed by atoms with Crippen molar-refractivity contribution in [1.82, 2.24) is 0 Å². The number of carbonyl (C=O) groups is 1. The van der Waals surface area contributed by atoms with E-state index in [4.69, 9.17) is 4.74 Å². The predicted molar refractivity (Wildman–Crippen MR) is 86.2 cm³/mol. The number of nitrogens with zero attached hydrogens (tertiary/aromatic N) is 1. The molecule has 22 heavy (non-hydrogen) atoms. The van der Waals surface area contributed by atoms with Gasteiger partial charge in [0.2, 0.25) is 0 Å². The number of anilines is 1. The summed E-state index contributed by atoms with van der Waals surface area (Å²) in [5.41, 5.74) is 3.12. The second kappa shape index (κ2) is 6.60. The van der Waals surface area contributed by atoms with E-state index in [-0.39, 0.29) is 11.5 Å². The third-order valence-electron chi connectivity index (χ3n) is 3.61. The first-order valence-corrected chi connectivity index (χ1v) is 7.20. The van der Waals surface area contributed by atoms with Gasteiger partial charge in [-0.3, -0.25) is 4.79 Å². The molecule has 1 amide bonds. The average Bonchev–Trinajstić information content (AvgIpc) is 2.51. The molecular weight excluding hydrogens is 281 g/mol. The Morgan fingerprint density at radius 3 is 2.55 bits per heavy atom. The lowest BCUT2D eigenvalue weighted by Gasteiger charge is -2.24. The molecule has 0 heterocycles. The van der Waals surface area contributed by atoms with Crippen LogP contribution < -0.4 is 9.64 Å². The molecule has 2 aromatic carbocycles. The molecule has 0 aliphatic heterocycles. The summed E-state index contributed by atoms with van der Waals surface area (Å²) >= 11 is 0. The van der Waals surface area contributed by atoms with E-state index in [1.165, 1.54) is 25.3 Å². The largest absolute Gasteiger partial charge is 0.496 e. The third-order valence-corrected chi connectivity index (χ3v) is 3.61. The summed E-state index contributed by atoms with van der Waals surface area (Å²) < 4.78 is 18.7. The molecule has 0 aromatic heterocycles. The number of hydrogen-bond donors (Lipinski definition) is 0. The first kappa shape index (κ1) is 16.0. The molecule has 0 aliphatic carbocycles. The number of hydrogen-bond acceptors (Lipinski definition) is 2. The second-order valence-corrected chi connectivity index (χ2v) is 5.18. The minimum Gasteiger partial charge on any atom is -0.496 e. The van der Waals surface area contributed by atoms with E-state index in [0.29, 0.717) is 12.3 Å². The lowest BCUT2D eigenvalue weighted by molar-refractivity contribution is 0.0984. The number of ether oxygens (including phenoxy) is 1. The summed E-state index contributed by atoms with van der Waals surface area (Å²) in [5.74, 6) is -0.358. The van der Waals surface area contributed by atoms with Gasteiger partial charge < -0.3 is 9.64 Å². The summed E-state index contributed by atoms with van der Waals surface area (Å²) in [6.45, 7) is 6.31. The van der Waals surface area contributed by atoms with Crippen LogP contribution >= 0.6 is 0 Å². The maximum atomic E-state index is 13.5. The van der Waals surface area contributed by atoms with Gasteiger partial charge in [0.25, 0.3) is 5.91 Å². The Labute approximate surface area is 130 Å². The van der Waals surface area contributed by atoms with Crippen LogP contribution in [0.1, 0.15) is 28.4 Å². The number of halogens is 1. The fourth-order valence-electron chi connectivity index (χ4n) is 2.43. The third kappa shape index (κ3) is 3.11. The zero-order valence-corrected chi connectivity index (χ0v) is 13.3. The lowest BCUT2D eigenvalue weighted by atomic mass is 10.1. The van der Waals surface area contributed by atoms with Crippen LogP contribution in [0.4, 0.5) is 10.1 Å². The van der Waals surface area contributed by atoms with Crippen molar-refractivity contribution in [2.24, 2.45) is 0 Å². The van der Waals surface area contributed by atoms with E-state index in [1.54, 1.807) is 4.90 Å². The van der Waals surface area contributed by atoms with Crippen LogP contribution in [0.15, 0.2) is 36.4 Å². The normalized spacial score (nSPS) is 10.4. The van der Waals surface area contributed by atoms with E-state index >= 15 is 0 Å². The molecule has 0 N–H and O–H groups in total. The van der Waals surface area contributed by atoms with Crippen LogP contribution in [0.3, 0.4) is 0 Å².